The van der Waals surface area contributed by atoms with Crippen LogP contribution in [0.5, 0.6) is 11.5 Å². The van der Waals surface area contributed by atoms with E-state index in [4.69, 9.17) is 5.21 Å². The number of hydrogen-bond acceptors (Lipinski definition) is 6. The Bertz CT molecular complexity index is 531. The van der Waals surface area contributed by atoms with E-state index in [1.807, 2.05) is 0 Å². The number of phenols is 2. The normalized spacial score (nSPS) is 10.5. The van der Waals surface area contributed by atoms with Crippen molar-refractivity contribution >= 4 is 18.0 Å². The van der Waals surface area contributed by atoms with Gasteiger partial charge in [0.1, 0.15) is 11.5 Å². The van der Waals surface area contributed by atoms with Crippen molar-refractivity contribution in [3.8, 4) is 11.5 Å². The van der Waals surface area contributed by atoms with Crippen LogP contribution in [-0.2, 0) is 9.59 Å². The molecular formula is C13H17N3O5. The second kappa shape index (κ2) is 8.54. The first-order valence-corrected chi connectivity index (χ1v) is 6.29. The molecule has 0 spiro atoms. The number of phenolic OH excluding ortho intramolecular Hbond substituents is 2. The molecule has 0 heterocycles. The molecule has 2 amide bonds. The van der Waals surface area contributed by atoms with Gasteiger partial charge in [0, 0.05) is 18.4 Å². The van der Waals surface area contributed by atoms with Crippen molar-refractivity contribution in [2.45, 2.75) is 25.7 Å². The lowest BCUT2D eigenvalue weighted by molar-refractivity contribution is -0.129. The summed E-state index contributed by atoms with van der Waals surface area (Å²) in [5, 5.41) is 30.7. The molecule has 0 bridgehead atoms. The highest BCUT2D eigenvalue weighted by atomic mass is 16.5. The van der Waals surface area contributed by atoms with Crippen molar-refractivity contribution < 1.29 is 25.0 Å². The summed E-state index contributed by atoms with van der Waals surface area (Å²) in [4.78, 5) is 22.1. The third kappa shape index (κ3) is 6.39. The topological polar surface area (TPSA) is 131 Å². The van der Waals surface area contributed by atoms with Gasteiger partial charge < -0.3 is 10.2 Å². The van der Waals surface area contributed by atoms with E-state index in [-0.39, 0.29) is 35.8 Å². The Kier molecular flexibility index (Phi) is 6.69. The lowest BCUT2D eigenvalue weighted by Gasteiger charge is -2.01. The number of amides is 2. The molecule has 0 fully saturated rings. The maximum atomic E-state index is 11.4. The minimum atomic E-state index is -0.493. The number of nitrogens with one attached hydrogen (secondary N) is 2. The fourth-order valence-electron chi connectivity index (χ4n) is 1.50. The van der Waals surface area contributed by atoms with E-state index in [0.717, 1.165) is 0 Å². The molecule has 1 rings (SSSR count). The molecule has 1 aromatic rings. The molecule has 114 valence electrons. The van der Waals surface area contributed by atoms with Crippen LogP contribution in [0.15, 0.2) is 23.3 Å². The van der Waals surface area contributed by atoms with E-state index < -0.39 is 5.91 Å². The molecule has 0 saturated heterocycles. The van der Waals surface area contributed by atoms with E-state index in [2.05, 4.69) is 10.5 Å². The molecular weight excluding hydrogens is 278 g/mol. The SMILES string of the molecule is O=C(CCCCC(=O)N/N=C/c1cc(O)ccc1O)NO. The van der Waals surface area contributed by atoms with E-state index >= 15 is 0 Å². The van der Waals surface area contributed by atoms with Gasteiger partial charge in [0.05, 0.1) is 6.21 Å². The highest BCUT2D eigenvalue weighted by Crippen LogP contribution is 2.19. The Labute approximate surface area is 121 Å². The van der Waals surface area contributed by atoms with E-state index in [1.165, 1.54) is 29.9 Å². The average molecular weight is 295 g/mol. The van der Waals surface area contributed by atoms with E-state index in [9.17, 15) is 19.8 Å². The van der Waals surface area contributed by atoms with Crippen LogP contribution < -0.4 is 10.9 Å². The Morgan fingerprint density at radius 1 is 1.14 bits per heavy atom. The van der Waals surface area contributed by atoms with Crippen molar-refractivity contribution in [1.29, 1.82) is 0 Å². The molecule has 0 aliphatic heterocycles. The maximum absolute atomic E-state index is 11.4. The van der Waals surface area contributed by atoms with Gasteiger partial charge in [0.25, 0.3) is 0 Å². The Morgan fingerprint density at radius 2 is 1.81 bits per heavy atom. The van der Waals surface area contributed by atoms with Crippen LogP contribution in [0.2, 0.25) is 0 Å². The monoisotopic (exact) mass is 295 g/mol. The Morgan fingerprint density at radius 3 is 2.48 bits per heavy atom. The molecule has 0 aromatic heterocycles. The minimum Gasteiger partial charge on any atom is -0.508 e. The summed E-state index contributed by atoms with van der Waals surface area (Å²) in [6.07, 6.45) is 2.49. The molecule has 0 aliphatic carbocycles. The first kappa shape index (κ1) is 16.4. The third-order valence-electron chi connectivity index (χ3n) is 2.59. The predicted octanol–water partition coefficient (Wildman–Crippen LogP) is 0.614. The van der Waals surface area contributed by atoms with Crippen LogP contribution in [0.4, 0.5) is 0 Å². The number of carbonyl (C=O) groups excluding carboxylic acids is 2. The van der Waals surface area contributed by atoms with E-state index in [1.54, 1.807) is 0 Å². The highest BCUT2D eigenvalue weighted by molar-refractivity contribution is 5.85. The molecule has 1 aromatic carbocycles. The van der Waals surface area contributed by atoms with Crippen molar-refractivity contribution in [2.24, 2.45) is 5.10 Å². The van der Waals surface area contributed by atoms with Crippen molar-refractivity contribution in [1.82, 2.24) is 10.9 Å². The number of aromatic hydroxyl groups is 2. The first-order chi connectivity index (χ1) is 10.0. The number of rotatable bonds is 7. The van der Waals surface area contributed by atoms with Gasteiger partial charge in [-0.3, -0.25) is 14.8 Å². The summed E-state index contributed by atoms with van der Waals surface area (Å²) < 4.78 is 0. The number of hydrazone groups is 1. The molecule has 0 aliphatic rings. The molecule has 0 unspecified atom stereocenters. The maximum Gasteiger partial charge on any atom is 0.243 e. The summed E-state index contributed by atoms with van der Waals surface area (Å²) in [7, 11) is 0. The van der Waals surface area contributed by atoms with Crippen LogP contribution >= 0.6 is 0 Å². The highest BCUT2D eigenvalue weighted by Gasteiger charge is 2.03. The molecule has 8 nitrogen and oxygen atoms in total. The van der Waals surface area contributed by atoms with Gasteiger partial charge in [-0.1, -0.05) is 0 Å². The molecule has 0 saturated carbocycles. The Hall–Kier alpha value is -2.61. The predicted molar refractivity (Wildman–Crippen MR) is 73.9 cm³/mol. The molecule has 0 radical (unpaired) electrons. The number of benzene rings is 1. The van der Waals surface area contributed by atoms with Crippen molar-refractivity contribution in [3.63, 3.8) is 0 Å². The molecule has 8 heteroatoms. The quantitative estimate of drug-likeness (QED) is 0.165. The van der Waals surface area contributed by atoms with Crippen LogP contribution in [-0.4, -0.2) is 33.4 Å². The average Bonchev–Trinajstić information content (AvgIpc) is 2.47. The van der Waals surface area contributed by atoms with Crippen LogP contribution in [0.25, 0.3) is 0 Å². The largest absolute Gasteiger partial charge is 0.508 e. The third-order valence-corrected chi connectivity index (χ3v) is 2.59. The van der Waals surface area contributed by atoms with E-state index in [0.29, 0.717) is 12.8 Å². The minimum absolute atomic E-state index is 0.0252. The van der Waals surface area contributed by atoms with Gasteiger partial charge in [0.15, 0.2) is 0 Å². The summed E-state index contributed by atoms with van der Waals surface area (Å²) in [5.74, 6) is -0.924. The second-order valence-electron chi connectivity index (χ2n) is 4.28. The number of unbranched alkanes of at least 4 members (excludes halogenated alkanes) is 1. The fraction of sp³-hybridized carbons (Fsp3) is 0.308. The Balaban J connectivity index is 2.31. The summed E-state index contributed by atoms with van der Waals surface area (Å²) in [5.41, 5.74) is 4.05. The summed E-state index contributed by atoms with van der Waals surface area (Å²) >= 11 is 0. The first-order valence-electron chi connectivity index (χ1n) is 6.29. The molecule has 5 N–H and O–H groups in total. The number of hydrogen-bond donors (Lipinski definition) is 5. The van der Waals surface area contributed by atoms with Gasteiger partial charge in [-0.25, -0.2) is 10.9 Å². The molecule has 0 atom stereocenters. The van der Waals surface area contributed by atoms with Gasteiger partial charge >= 0.3 is 0 Å². The van der Waals surface area contributed by atoms with Crippen LogP contribution in [0, 0.1) is 0 Å². The lowest BCUT2D eigenvalue weighted by atomic mass is 10.2. The van der Waals surface area contributed by atoms with Crippen molar-refractivity contribution in [2.75, 3.05) is 0 Å². The zero-order chi connectivity index (χ0) is 15.7. The standard InChI is InChI=1S/C13H17N3O5/c17-10-5-6-11(18)9(7-10)8-14-15-12(19)3-1-2-4-13(20)16-21/h5-8,17-18,21H,1-4H2,(H,15,19)(H,16,20)/b14-8+. The van der Waals surface area contributed by atoms with Crippen molar-refractivity contribution in [3.05, 3.63) is 23.8 Å². The fourth-order valence-corrected chi connectivity index (χ4v) is 1.50. The summed E-state index contributed by atoms with van der Waals surface area (Å²) in [6.45, 7) is 0. The summed E-state index contributed by atoms with van der Waals surface area (Å²) in [6, 6.07) is 3.94. The zero-order valence-corrected chi connectivity index (χ0v) is 11.2. The molecule has 21 heavy (non-hydrogen) atoms. The van der Waals surface area contributed by atoms with Gasteiger partial charge in [-0.15, -0.1) is 0 Å². The number of nitrogens with zero attached hydrogens (tertiary/aromatic N) is 1. The second-order valence-corrected chi connectivity index (χ2v) is 4.28. The number of hydroxylamine groups is 1. The van der Waals surface area contributed by atoms with Crippen LogP contribution in [0.3, 0.4) is 0 Å². The lowest BCUT2D eigenvalue weighted by Crippen LogP contribution is -2.19. The van der Waals surface area contributed by atoms with Gasteiger partial charge in [-0.05, 0) is 31.0 Å². The smallest absolute Gasteiger partial charge is 0.243 e. The zero-order valence-electron chi connectivity index (χ0n) is 11.2. The van der Waals surface area contributed by atoms with Gasteiger partial charge in [0.2, 0.25) is 11.8 Å². The van der Waals surface area contributed by atoms with Crippen LogP contribution in [0.1, 0.15) is 31.2 Å². The van der Waals surface area contributed by atoms with Gasteiger partial charge in [-0.2, -0.15) is 5.10 Å². The number of carbonyl (C=O) groups is 2.